The second-order valence-electron chi connectivity index (χ2n) is 9.95. The van der Waals surface area contributed by atoms with Crippen molar-refractivity contribution in [3.8, 4) is 16.9 Å². The fourth-order valence-electron chi connectivity index (χ4n) is 4.33. The van der Waals surface area contributed by atoms with Gasteiger partial charge in [-0.05, 0) is 41.2 Å². The summed E-state index contributed by atoms with van der Waals surface area (Å²) in [5, 5.41) is 15.2. The average molecular weight is 487 g/mol. The molecule has 8 nitrogen and oxygen atoms in total. The van der Waals surface area contributed by atoms with Gasteiger partial charge >= 0.3 is 6.03 Å². The minimum atomic E-state index is -0.301. The Morgan fingerprint density at radius 2 is 1.86 bits per heavy atom. The highest BCUT2D eigenvalue weighted by molar-refractivity contribution is 5.90. The van der Waals surface area contributed by atoms with Crippen molar-refractivity contribution in [1.82, 2.24) is 24.9 Å². The molecule has 0 saturated heterocycles. The number of anilines is 1. The largest absolute Gasteiger partial charge is 0.380 e. The van der Waals surface area contributed by atoms with Crippen LogP contribution in [0.3, 0.4) is 0 Å². The number of carbonyl (C=O) groups excluding carboxylic acids is 1. The summed E-state index contributed by atoms with van der Waals surface area (Å²) in [7, 11) is 3.55. The molecule has 0 bridgehead atoms. The lowest BCUT2D eigenvalue weighted by Gasteiger charge is -2.24. The van der Waals surface area contributed by atoms with Crippen molar-refractivity contribution in [1.29, 1.82) is 0 Å². The van der Waals surface area contributed by atoms with Gasteiger partial charge < -0.3 is 10.1 Å². The zero-order valence-corrected chi connectivity index (χ0v) is 21.8. The van der Waals surface area contributed by atoms with Crippen LogP contribution in [0.2, 0.25) is 0 Å². The molecular formula is C28H34N6O2. The third kappa shape index (κ3) is 5.49. The first-order valence-corrected chi connectivity index (χ1v) is 12.0. The number of hydrogen-bond donors (Lipinski definition) is 2. The molecule has 0 fully saturated rings. The predicted octanol–water partition coefficient (Wildman–Crippen LogP) is 5.35. The third-order valence-electron chi connectivity index (χ3n) is 6.06. The van der Waals surface area contributed by atoms with E-state index in [1.165, 1.54) is 5.56 Å². The van der Waals surface area contributed by atoms with Crippen LogP contribution in [0.1, 0.15) is 43.0 Å². The Bertz CT molecular complexity index is 1350. The first-order valence-electron chi connectivity index (χ1n) is 12.0. The zero-order chi connectivity index (χ0) is 25.9. The molecule has 36 heavy (non-hydrogen) atoms. The Hall–Kier alpha value is -3.91. The molecule has 0 spiro atoms. The number of aromatic nitrogens is 4. The maximum absolute atomic E-state index is 13.1. The number of carbonyl (C=O) groups is 1. The fraction of sp³-hybridized carbons (Fsp3) is 0.321. The van der Waals surface area contributed by atoms with Gasteiger partial charge in [-0.3, -0.25) is 10.00 Å². The number of aryl methyl sites for hydroxylation is 1. The number of ether oxygens (including phenoxy) is 1. The fourth-order valence-corrected chi connectivity index (χ4v) is 4.33. The van der Waals surface area contributed by atoms with Crippen molar-refractivity contribution in [3.63, 3.8) is 0 Å². The smallest absolute Gasteiger partial charge is 0.320 e. The van der Waals surface area contributed by atoms with Crippen molar-refractivity contribution >= 4 is 11.8 Å². The van der Waals surface area contributed by atoms with Gasteiger partial charge in [-0.2, -0.15) is 10.2 Å². The van der Waals surface area contributed by atoms with E-state index in [4.69, 9.17) is 9.84 Å². The Morgan fingerprint density at radius 3 is 2.50 bits per heavy atom. The van der Waals surface area contributed by atoms with E-state index in [9.17, 15) is 4.79 Å². The predicted molar refractivity (Wildman–Crippen MR) is 142 cm³/mol. The monoisotopic (exact) mass is 486 g/mol. The van der Waals surface area contributed by atoms with Crippen molar-refractivity contribution in [3.05, 3.63) is 83.2 Å². The lowest BCUT2D eigenvalue weighted by Crippen LogP contribution is -2.30. The van der Waals surface area contributed by atoms with Crippen LogP contribution in [0.4, 0.5) is 10.6 Å². The lowest BCUT2D eigenvalue weighted by molar-refractivity contribution is 0.185. The van der Waals surface area contributed by atoms with E-state index in [0.717, 1.165) is 33.6 Å². The van der Waals surface area contributed by atoms with Gasteiger partial charge in [0.15, 0.2) is 0 Å². The molecular weight excluding hydrogens is 452 g/mol. The van der Waals surface area contributed by atoms with Crippen molar-refractivity contribution in [2.75, 3.05) is 12.4 Å². The summed E-state index contributed by atoms with van der Waals surface area (Å²) in [6.45, 7) is 9.38. The van der Waals surface area contributed by atoms with Gasteiger partial charge in [0.05, 0.1) is 18.5 Å². The maximum atomic E-state index is 13.1. The number of nitrogens with zero attached hydrogens (tertiary/aromatic N) is 4. The summed E-state index contributed by atoms with van der Waals surface area (Å²) < 4.78 is 8.80. The van der Waals surface area contributed by atoms with Gasteiger partial charge in [0, 0.05) is 38.0 Å². The topological polar surface area (TPSA) is 86.0 Å². The molecule has 0 aliphatic rings. The van der Waals surface area contributed by atoms with Crippen molar-refractivity contribution in [2.24, 2.45) is 7.05 Å². The van der Waals surface area contributed by atoms with E-state index in [2.05, 4.69) is 54.7 Å². The van der Waals surface area contributed by atoms with Crippen LogP contribution in [0.25, 0.3) is 16.9 Å². The second kappa shape index (κ2) is 10.4. The molecule has 188 valence electrons. The number of benzene rings is 2. The van der Waals surface area contributed by atoms with Gasteiger partial charge in [-0.15, -0.1) is 0 Å². The van der Waals surface area contributed by atoms with Gasteiger partial charge in [0.25, 0.3) is 0 Å². The number of methoxy groups -OCH3 is 1. The minimum absolute atomic E-state index is 0.0553. The number of urea groups is 1. The summed E-state index contributed by atoms with van der Waals surface area (Å²) in [4.78, 5) is 13.1. The lowest BCUT2D eigenvalue weighted by atomic mass is 9.83. The molecule has 0 aliphatic heterocycles. The summed E-state index contributed by atoms with van der Waals surface area (Å²) in [6.07, 6.45) is 3.69. The van der Waals surface area contributed by atoms with E-state index in [0.29, 0.717) is 19.0 Å². The van der Waals surface area contributed by atoms with Crippen LogP contribution in [0.5, 0.6) is 0 Å². The number of rotatable bonds is 7. The standard InChI is InChI=1S/C28H34N6O2/c1-19-25(22-16-30-33(5)17-22)32-34(23-10-8-7-9-11-23)26(19)31-27(35)29-15-21-14-20(18-36-6)12-13-24(21)28(2,3)4/h7-14,16-17H,15,18H2,1-6H3,(H2,29,31,35). The van der Waals surface area contributed by atoms with Gasteiger partial charge in [0.2, 0.25) is 0 Å². The van der Waals surface area contributed by atoms with E-state index in [-0.39, 0.29) is 11.4 Å². The quantitative estimate of drug-likeness (QED) is 0.369. The van der Waals surface area contributed by atoms with Crippen LogP contribution < -0.4 is 10.6 Å². The molecule has 2 aromatic carbocycles. The maximum Gasteiger partial charge on any atom is 0.320 e. The van der Waals surface area contributed by atoms with Crippen molar-refractivity contribution in [2.45, 2.75) is 46.3 Å². The van der Waals surface area contributed by atoms with Gasteiger partial charge in [-0.25, -0.2) is 9.48 Å². The Morgan fingerprint density at radius 1 is 1.11 bits per heavy atom. The third-order valence-corrected chi connectivity index (χ3v) is 6.06. The van der Waals surface area contributed by atoms with Crippen LogP contribution in [-0.4, -0.2) is 32.7 Å². The summed E-state index contributed by atoms with van der Waals surface area (Å²) in [5.74, 6) is 0.613. The molecule has 0 saturated carbocycles. The van der Waals surface area contributed by atoms with Crippen molar-refractivity contribution < 1.29 is 9.53 Å². The molecule has 2 amide bonds. The van der Waals surface area contributed by atoms with Gasteiger partial charge in [0.1, 0.15) is 11.5 Å². The highest BCUT2D eigenvalue weighted by atomic mass is 16.5. The molecule has 4 rings (SSSR count). The SMILES string of the molecule is COCc1ccc(C(C)(C)C)c(CNC(=O)Nc2c(C)c(-c3cnn(C)c3)nn2-c2ccccc2)c1. The Labute approximate surface area is 212 Å². The van der Waals surface area contributed by atoms with E-state index in [1.807, 2.05) is 50.5 Å². The minimum Gasteiger partial charge on any atom is -0.380 e. The van der Waals surface area contributed by atoms with Gasteiger partial charge in [-0.1, -0.05) is 57.2 Å². The van der Waals surface area contributed by atoms with E-state index < -0.39 is 0 Å². The summed E-state index contributed by atoms with van der Waals surface area (Å²) in [6, 6.07) is 15.8. The number of para-hydroxylation sites is 1. The molecule has 0 radical (unpaired) electrons. The molecule has 2 aromatic heterocycles. The second-order valence-corrected chi connectivity index (χ2v) is 9.95. The molecule has 0 atom stereocenters. The molecule has 8 heteroatoms. The Balaban J connectivity index is 1.61. The van der Waals surface area contributed by atoms with E-state index in [1.54, 1.807) is 22.7 Å². The highest BCUT2D eigenvalue weighted by Crippen LogP contribution is 2.30. The zero-order valence-electron chi connectivity index (χ0n) is 21.8. The molecule has 2 N–H and O–H groups in total. The first kappa shape index (κ1) is 25.2. The number of amides is 2. The number of nitrogens with one attached hydrogen (secondary N) is 2. The van der Waals surface area contributed by atoms with Crippen LogP contribution in [0.15, 0.2) is 60.9 Å². The summed E-state index contributed by atoms with van der Waals surface area (Å²) in [5.41, 5.74) is 6.64. The first-order chi connectivity index (χ1) is 17.2. The highest BCUT2D eigenvalue weighted by Gasteiger charge is 2.21. The number of hydrogen-bond acceptors (Lipinski definition) is 4. The van der Waals surface area contributed by atoms with Crippen LogP contribution in [0, 0.1) is 6.92 Å². The molecule has 0 aliphatic carbocycles. The molecule has 4 aromatic rings. The molecule has 2 heterocycles. The summed E-state index contributed by atoms with van der Waals surface area (Å²) >= 11 is 0. The van der Waals surface area contributed by atoms with Crippen LogP contribution in [-0.2, 0) is 30.4 Å². The normalized spacial score (nSPS) is 11.5. The molecule has 0 unspecified atom stereocenters. The Kier molecular flexibility index (Phi) is 7.26. The van der Waals surface area contributed by atoms with E-state index >= 15 is 0 Å². The average Bonchev–Trinajstić information content (AvgIpc) is 3.41. The van der Waals surface area contributed by atoms with Crippen LogP contribution >= 0.6 is 0 Å².